The lowest BCUT2D eigenvalue weighted by Gasteiger charge is -2.41. The van der Waals surface area contributed by atoms with Gasteiger partial charge in [0.1, 0.15) is 0 Å². The van der Waals surface area contributed by atoms with Crippen LogP contribution in [0, 0.1) is 23.2 Å². The third-order valence-corrected chi connectivity index (χ3v) is 4.46. The molecule has 0 spiro atoms. The molecule has 1 fully saturated rings. The Hall–Kier alpha value is -1.27. The second-order valence-corrected chi connectivity index (χ2v) is 5.65. The normalized spacial score (nSPS) is 29.3. The molecule has 0 aromatic heterocycles. The van der Waals surface area contributed by atoms with Gasteiger partial charge in [-0.25, -0.2) is 0 Å². The van der Waals surface area contributed by atoms with Gasteiger partial charge in [-0.15, -0.1) is 0 Å². The van der Waals surface area contributed by atoms with Crippen LogP contribution >= 0.6 is 15.9 Å². The summed E-state index contributed by atoms with van der Waals surface area (Å²) in [5.74, 6) is 1.57. The average molecular weight is 289 g/mol. The third-order valence-electron chi connectivity index (χ3n) is 3.80. The molecule has 2 aliphatic carbocycles. The maximum absolute atomic E-state index is 8.81. The number of hydrogen-bond donors (Lipinski definition) is 1. The van der Waals surface area contributed by atoms with E-state index in [1.807, 2.05) is 18.2 Å². The van der Waals surface area contributed by atoms with Gasteiger partial charge in [0.05, 0.1) is 11.6 Å². The Labute approximate surface area is 109 Å². The highest BCUT2D eigenvalue weighted by Gasteiger charge is 2.40. The lowest BCUT2D eigenvalue weighted by atomic mass is 9.71. The van der Waals surface area contributed by atoms with E-state index in [1.54, 1.807) is 0 Å². The van der Waals surface area contributed by atoms with Crippen LogP contribution in [0.4, 0.5) is 5.69 Å². The summed E-state index contributed by atoms with van der Waals surface area (Å²) in [6.07, 6.45) is 7.13. The highest BCUT2D eigenvalue weighted by Crippen LogP contribution is 2.44. The number of nitrogens with one attached hydrogen (secondary N) is 1. The zero-order chi connectivity index (χ0) is 11.8. The molecule has 0 radical (unpaired) electrons. The molecule has 1 aromatic rings. The number of anilines is 1. The van der Waals surface area contributed by atoms with E-state index < -0.39 is 0 Å². The van der Waals surface area contributed by atoms with E-state index in [0.29, 0.717) is 17.5 Å². The van der Waals surface area contributed by atoms with Crippen LogP contribution in [0.25, 0.3) is 0 Å². The first-order chi connectivity index (χ1) is 8.28. The molecule has 0 bridgehead atoms. The topological polar surface area (TPSA) is 35.8 Å². The maximum atomic E-state index is 8.81. The minimum Gasteiger partial charge on any atom is -0.381 e. The molecule has 0 aliphatic heterocycles. The van der Waals surface area contributed by atoms with E-state index >= 15 is 0 Å². The van der Waals surface area contributed by atoms with E-state index in [4.69, 9.17) is 5.26 Å². The van der Waals surface area contributed by atoms with Crippen LogP contribution in [-0.4, -0.2) is 6.04 Å². The molecule has 1 saturated carbocycles. The van der Waals surface area contributed by atoms with Crippen molar-refractivity contribution < 1.29 is 0 Å². The number of nitrogens with zero attached hydrogens (tertiary/aromatic N) is 1. The van der Waals surface area contributed by atoms with Gasteiger partial charge < -0.3 is 5.32 Å². The molecule has 3 unspecified atom stereocenters. The Kier molecular flexibility index (Phi) is 2.68. The van der Waals surface area contributed by atoms with Gasteiger partial charge in [-0.3, -0.25) is 0 Å². The van der Waals surface area contributed by atoms with Crippen molar-refractivity contribution in [2.75, 3.05) is 5.32 Å². The summed E-state index contributed by atoms with van der Waals surface area (Å²) >= 11 is 3.51. The van der Waals surface area contributed by atoms with Gasteiger partial charge in [0, 0.05) is 22.1 Å². The van der Waals surface area contributed by atoms with Gasteiger partial charge in [0.15, 0.2) is 0 Å². The Bertz CT molecular complexity index is 515. The number of allylic oxidation sites excluding steroid dienone is 1. The highest BCUT2D eigenvalue weighted by molar-refractivity contribution is 9.10. The minimum absolute atomic E-state index is 0.558. The van der Waals surface area contributed by atoms with Crippen LogP contribution < -0.4 is 5.32 Å². The molecule has 0 amide bonds. The number of benzene rings is 1. The lowest BCUT2D eigenvalue weighted by molar-refractivity contribution is 0.218. The van der Waals surface area contributed by atoms with Crippen molar-refractivity contribution in [1.82, 2.24) is 0 Å². The van der Waals surface area contributed by atoms with Crippen LogP contribution in [0.15, 0.2) is 34.8 Å². The molecule has 1 N–H and O–H groups in total. The van der Waals surface area contributed by atoms with Crippen LogP contribution in [0.5, 0.6) is 0 Å². The summed E-state index contributed by atoms with van der Waals surface area (Å²) in [7, 11) is 0. The standard InChI is InChI=1S/C14H13BrN2/c15-12-6-9(8-16)4-5-13(12)17-14-7-10-2-1-3-11(10)14/h1,3-6,10-11,14,17H,2,7H2. The van der Waals surface area contributed by atoms with Gasteiger partial charge in [-0.05, 0) is 52.9 Å². The second kappa shape index (κ2) is 4.19. The van der Waals surface area contributed by atoms with Crippen molar-refractivity contribution in [2.45, 2.75) is 18.9 Å². The van der Waals surface area contributed by atoms with E-state index in [0.717, 1.165) is 16.1 Å². The third kappa shape index (κ3) is 1.87. The molecule has 2 nitrogen and oxygen atoms in total. The minimum atomic E-state index is 0.558. The summed E-state index contributed by atoms with van der Waals surface area (Å²) in [5, 5.41) is 12.4. The van der Waals surface area contributed by atoms with Gasteiger partial charge in [-0.2, -0.15) is 5.26 Å². The SMILES string of the molecule is N#Cc1ccc(NC2CC3CC=CC32)c(Br)c1. The first-order valence-electron chi connectivity index (χ1n) is 5.91. The molecule has 1 aromatic carbocycles. The van der Waals surface area contributed by atoms with Gasteiger partial charge in [0.25, 0.3) is 0 Å². The fourth-order valence-corrected chi connectivity index (χ4v) is 3.28. The Morgan fingerprint density at radius 1 is 1.41 bits per heavy atom. The van der Waals surface area contributed by atoms with Crippen LogP contribution in [0.3, 0.4) is 0 Å². The van der Waals surface area contributed by atoms with E-state index in [1.165, 1.54) is 12.8 Å². The fourth-order valence-electron chi connectivity index (χ4n) is 2.78. The number of hydrogen-bond acceptors (Lipinski definition) is 2. The molecule has 3 rings (SSSR count). The smallest absolute Gasteiger partial charge is 0.0992 e. The van der Waals surface area contributed by atoms with Crippen LogP contribution in [0.2, 0.25) is 0 Å². The highest BCUT2D eigenvalue weighted by atomic mass is 79.9. The van der Waals surface area contributed by atoms with Gasteiger partial charge in [-0.1, -0.05) is 12.2 Å². The molecule has 0 saturated heterocycles. The molecule has 2 aliphatic rings. The Morgan fingerprint density at radius 3 is 3.00 bits per heavy atom. The van der Waals surface area contributed by atoms with E-state index in [2.05, 4.69) is 39.5 Å². The molecule has 17 heavy (non-hydrogen) atoms. The molecule has 86 valence electrons. The zero-order valence-electron chi connectivity index (χ0n) is 9.36. The molecule has 3 atom stereocenters. The summed E-state index contributed by atoms with van der Waals surface area (Å²) in [4.78, 5) is 0. The summed E-state index contributed by atoms with van der Waals surface area (Å²) in [6, 6.07) is 8.40. The van der Waals surface area contributed by atoms with Crippen molar-refractivity contribution >= 4 is 21.6 Å². The summed E-state index contributed by atoms with van der Waals surface area (Å²) in [6.45, 7) is 0. The summed E-state index contributed by atoms with van der Waals surface area (Å²) < 4.78 is 0.974. The quantitative estimate of drug-likeness (QED) is 0.843. The van der Waals surface area contributed by atoms with E-state index in [9.17, 15) is 0 Å². The van der Waals surface area contributed by atoms with Crippen molar-refractivity contribution in [1.29, 1.82) is 5.26 Å². The molecule has 0 heterocycles. The fraction of sp³-hybridized carbons (Fsp3) is 0.357. The molecule has 3 heteroatoms. The van der Waals surface area contributed by atoms with Crippen LogP contribution in [-0.2, 0) is 0 Å². The molecular formula is C14H13BrN2. The second-order valence-electron chi connectivity index (χ2n) is 4.79. The number of rotatable bonds is 2. The predicted octanol–water partition coefficient (Wildman–Crippen LogP) is 3.70. The number of halogens is 1. The van der Waals surface area contributed by atoms with Crippen molar-refractivity contribution in [3.63, 3.8) is 0 Å². The van der Waals surface area contributed by atoms with Crippen LogP contribution in [0.1, 0.15) is 18.4 Å². The monoisotopic (exact) mass is 288 g/mol. The van der Waals surface area contributed by atoms with E-state index in [-0.39, 0.29) is 0 Å². The average Bonchev–Trinajstić information content (AvgIpc) is 2.69. The zero-order valence-corrected chi connectivity index (χ0v) is 10.9. The Morgan fingerprint density at radius 2 is 2.29 bits per heavy atom. The largest absolute Gasteiger partial charge is 0.381 e. The predicted molar refractivity (Wildman–Crippen MR) is 71.6 cm³/mol. The Balaban J connectivity index is 1.74. The van der Waals surface area contributed by atoms with Crippen molar-refractivity contribution in [3.8, 4) is 6.07 Å². The lowest BCUT2D eigenvalue weighted by Crippen LogP contribution is -2.43. The van der Waals surface area contributed by atoms with Crippen molar-refractivity contribution in [2.24, 2.45) is 11.8 Å². The number of fused-ring (bicyclic) bond motifs is 1. The maximum Gasteiger partial charge on any atom is 0.0992 e. The van der Waals surface area contributed by atoms with Gasteiger partial charge in [0.2, 0.25) is 0 Å². The van der Waals surface area contributed by atoms with Crippen molar-refractivity contribution in [3.05, 3.63) is 40.4 Å². The van der Waals surface area contributed by atoms with Gasteiger partial charge >= 0.3 is 0 Å². The first-order valence-corrected chi connectivity index (χ1v) is 6.70. The number of nitriles is 1. The molecular weight excluding hydrogens is 276 g/mol. The summed E-state index contributed by atoms with van der Waals surface area (Å²) in [5.41, 5.74) is 1.78. The first kappa shape index (κ1) is 10.9.